The second kappa shape index (κ2) is 6.59. The highest BCUT2D eigenvalue weighted by molar-refractivity contribution is 6.76. The Labute approximate surface area is 110 Å². The maximum absolute atomic E-state index is 10.7. The molecular weight excluding hydrogens is 242 g/mol. The highest BCUT2D eigenvalue weighted by Gasteiger charge is 2.11. The van der Waals surface area contributed by atoms with Gasteiger partial charge in [0, 0.05) is 20.3 Å². The van der Waals surface area contributed by atoms with Crippen molar-refractivity contribution >= 4 is 19.7 Å². The highest BCUT2D eigenvalue weighted by Crippen LogP contribution is 2.14. The van der Waals surface area contributed by atoms with Crippen LogP contribution in [0.15, 0.2) is 24.3 Å². The first-order chi connectivity index (χ1) is 8.38. The number of aromatic carboxylic acids is 1. The van der Waals surface area contributed by atoms with Crippen molar-refractivity contribution in [1.29, 1.82) is 0 Å². The summed E-state index contributed by atoms with van der Waals surface area (Å²) in [4.78, 5) is 10.7. The number of carboxylic acid groups (broad SMARTS) is 1. The number of unbranched alkanes of at least 4 members (excludes halogenated alkanes) is 1. The number of anilines is 1. The molecule has 0 spiro atoms. The van der Waals surface area contributed by atoms with E-state index in [-0.39, 0.29) is 0 Å². The van der Waals surface area contributed by atoms with Gasteiger partial charge in [0.2, 0.25) is 0 Å². The van der Waals surface area contributed by atoms with Gasteiger partial charge < -0.3 is 10.4 Å². The lowest BCUT2D eigenvalue weighted by Crippen LogP contribution is -2.19. The molecule has 0 fully saturated rings. The van der Waals surface area contributed by atoms with E-state index in [9.17, 15) is 4.79 Å². The third-order valence-electron chi connectivity index (χ3n) is 2.81. The monoisotopic (exact) mass is 265 g/mol. The van der Waals surface area contributed by atoms with E-state index in [4.69, 9.17) is 5.11 Å². The van der Waals surface area contributed by atoms with E-state index >= 15 is 0 Å². The molecule has 100 valence electrons. The Bertz CT molecular complexity index is 382. The molecule has 0 aliphatic heterocycles. The van der Waals surface area contributed by atoms with E-state index in [1.165, 1.54) is 18.9 Å². The van der Waals surface area contributed by atoms with E-state index in [1.807, 2.05) is 12.1 Å². The van der Waals surface area contributed by atoms with Crippen LogP contribution in [-0.2, 0) is 0 Å². The van der Waals surface area contributed by atoms with E-state index in [0.717, 1.165) is 12.2 Å². The van der Waals surface area contributed by atoms with Crippen LogP contribution in [0.5, 0.6) is 0 Å². The lowest BCUT2D eigenvalue weighted by Gasteiger charge is -2.15. The Morgan fingerprint density at radius 1 is 1.17 bits per heavy atom. The summed E-state index contributed by atoms with van der Waals surface area (Å²) < 4.78 is 0. The molecule has 1 rings (SSSR count). The fourth-order valence-corrected chi connectivity index (χ4v) is 3.05. The Morgan fingerprint density at radius 2 is 1.78 bits per heavy atom. The zero-order chi connectivity index (χ0) is 13.6. The summed E-state index contributed by atoms with van der Waals surface area (Å²) in [6.45, 7) is 8.14. The van der Waals surface area contributed by atoms with Crippen molar-refractivity contribution in [3.05, 3.63) is 29.8 Å². The van der Waals surface area contributed by atoms with Gasteiger partial charge >= 0.3 is 5.97 Å². The average Bonchev–Trinajstić information content (AvgIpc) is 2.27. The first-order valence-electron chi connectivity index (χ1n) is 6.46. The van der Waals surface area contributed by atoms with E-state index in [0.29, 0.717) is 5.56 Å². The number of hydrogen-bond acceptors (Lipinski definition) is 2. The number of carbonyl (C=O) groups is 1. The van der Waals surface area contributed by atoms with Gasteiger partial charge in [-0.1, -0.05) is 32.1 Å². The normalized spacial score (nSPS) is 11.3. The van der Waals surface area contributed by atoms with Gasteiger partial charge in [-0.25, -0.2) is 4.79 Å². The first-order valence-corrected chi connectivity index (χ1v) is 10.2. The second-order valence-corrected chi connectivity index (χ2v) is 11.4. The summed E-state index contributed by atoms with van der Waals surface area (Å²) >= 11 is 0. The number of nitrogens with one attached hydrogen (secondary N) is 1. The van der Waals surface area contributed by atoms with Gasteiger partial charge in [0.15, 0.2) is 0 Å². The predicted molar refractivity (Wildman–Crippen MR) is 79.3 cm³/mol. The van der Waals surface area contributed by atoms with Crippen LogP contribution in [0.1, 0.15) is 23.2 Å². The third kappa shape index (κ3) is 5.86. The molecule has 0 saturated carbocycles. The average molecular weight is 265 g/mol. The van der Waals surface area contributed by atoms with Gasteiger partial charge in [0.25, 0.3) is 0 Å². The SMILES string of the molecule is C[Si](C)(C)CCCCNc1ccc(C(=O)O)cc1. The molecule has 0 atom stereocenters. The quantitative estimate of drug-likeness (QED) is 0.580. The minimum Gasteiger partial charge on any atom is -0.478 e. The predicted octanol–water partition coefficient (Wildman–Crippen LogP) is 3.92. The standard InChI is InChI=1S/C14H23NO2Si/c1-18(2,3)11-5-4-10-15-13-8-6-12(7-9-13)14(16)17/h6-9,15H,4-5,10-11H2,1-3H3,(H,16,17). The third-order valence-corrected chi connectivity index (χ3v) is 4.67. The van der Waals surface area contributed by atoms with Crippen LogP contribution in [-0.4, -0.2) is 25.7 Å². The van der Waals surface area contributed by atoms with Crippen molar-refractivity contribution in [2.75, 3.05) is 11.9 Å². The van der Waals surface area contributed by atoms with Crippen LogP contribution in [0.25, 0.3) is 0 Å². The summed E-state index contributed by atoms with van der Waals surface area (Å²) in [5.74, 6) is -0.878. The Hall–Kier alpha value is -1.29. The molecule has 0 unspecified atom stereocenters. The molecule has 0 bridgehead atoms. The topological polar surface area (TPSA) is 49.3 Å². The molecule has 2 N–H and O–H groups in total. The lowest BCUT2D eigenvalue weighted by molar-refractivity contribution is 0.0697. The summed E-state index contributed by atoms with van der Waals surface area (Å²) in [6, 6.07) is 8.27. The molecule has 0 radical (unpaired) electrons. The first kappa shape index (κ1) is 14.8. The molecule has 0 heterocycles. The summed E-state index contributed by atoms with van der Waals surface area (Å²) in [5, 5.41) is 12.1. The van der Waals surface area contributed by atoms with Crippen molar-refractivity contribution in [3.8, 4) is 0 Å². The van der Waals surface area contributed by atoms with Crippen LogP contribution in [0.4, 0.5) is 5.69 Å². The molecule has 0 saturated heterocycles. The minimum absolute atomic E-state index is 0.333. The van der Waals surface area contributed by atoms with Crippen LogP contribution in [0.3, 0.4) is 0 Å². The van der Waals surface area contributed by atoms with Gasteiger partial charge in [-0.05, 0) is 30.7 Å². The molecule has 1 aromatic carbocycles. The van der Waals surface area contributed by atoms with Gasteiger partial charge in [-0.15, -0.1) is 0 Å². The maximum atomic E-state index is 10.7. The smallest absolute Gasteiger partial charge is 0.335 e. The van der Waals surface area contributed by atoms with Crippen LogP contribution in [0.2, 0.25) is 25.7 Å². The number of carboxylic acids is 1. The van der Waals surface area contributed by atoms with Crippen molar-refractivity contribution < 1.29 is 9.90 Å². The minimum atomic E-state index is -0.900. The second-order valence-electron chi connectivity index (χ2n) is 5.83. The molecule has 4 heteroatoms. The molecule has 1 aromatic rings. The fraction of sp³-hybridized carbons (Fsp3) is 0.500. The van der Waals surface area contributed by atoms with Crippen molar-refractivity contribution in [2.24, 2.45) is 0 Å². The van der Waals surface area contributed by atoms with Crippen molar-refractivity contribution in [3.63, 3.8) is 0 Å². The molecular formula is C14H23NO2Si. The van der Waals surface area contributed by atoms with Gasteiger partial charge in [-0.2, -0.15) is 0 Å². The van der Waals surface area contributed by atoms with Gasteiger partial charge in [0.05, 0.1) is 5.56 Å². The molecule has 3 nitrogen and oxygen atoms in total. The number of benzene rings is 1. The highest BCUT2D eigenvalue weighted by atomic mass is 28.3. The van der Waals surface area contributed by atoms with Crippen molar-refractivity contribution in [2.45, 2.75) is 38.5 Å². The van der Waals surface area contributed by atoms with E-state index in [1.54, 1.807) is 12.1 Å². The van der Waals surface area contributed by atoms with Gasteiger partial charge in [-0.3, -0.25) is 0 Å². The molecule has 0 aliphatic carbocycles. The van der Waals surface area contributed by atoms with Crippen LogP contribution < -0.4 is 5.32 Å². The zero-order valence-corrected chi connectivity index (χ0v) is 12.5. The molecule has 0 aliphatic rings. The van der Waals surface area contributed by atoms with Crippen molar-refractivity contribution in [1.82, 2.24) is 0 Å². The van der Waals surface area contributed by atoms with Gasteiger partial charge in [0.1, 0.15) is 0 Å². The summed E-state index contributed by atoms with van der Waals surface area (Å²) in [5.41, 5.74) is 1.33. The van der Waals surface area contributed by atoms with Crippen LogP contribution in [0, 0.1) is 0 Å². The maximum Gasteiger partial charge on any atom is 0.335 e. The summed E-state index contributed by atoms with van der Waals surface area (Å²) in [7, 11) is -0.900. The lowest BCUT2D eigenvalue weighted by atomic mass is 10.2. The van der Waals surface area contributed by atoms with E-state index in [2.05, 4.69) is 25.0 Å². The summed E-state index contributed by atoms with van der Waals surface area (Å²) in [6.07, 6.45) is 2.45. The molecule has 0 amide bonds. The Balaban J connectivity index is 2.25. The molecule has 0 aromatic heterocycles. The Morgan fingerprint density at radius 3 is 2.28 bits per heavy atom. The zero-order valence-electron chi connectivity index (χ0n) is 11.5. The number of rotatable bonds is 7. The van der Waals surface area contributed by atoms with Crippen LogP contribution >= 0.6 is 0 Å². The molecule has 18 heavy (non-hydrogen) atoms. The Kier molecular flexibility index (Phi) is 5.41. The fourth-order valence-electron chi connectivity index (χ4n) is 1.74. The van der Waals surface area contributed by atoms with E-state index < -0.39 is 14.0 Å². The number of hydrogen-bond donors (Lipinski definition) is 2. The largest absolute Gasteiger partial charge is 0.478 e.